The van der Waals surface area contributed by atoms with E-state index in [1.54, 1.807) is 19.1 Å². The number of hydrogen-bond donors (Lipinski definition) is 3. The molecule has 2 heterocycles. The quantitative estimate of drug-likeness (QED) is 0.0501. The van der Waals surface area contributed by atoms with Gasteiger partial charge in [0.05, 0.1) is 17.2 Å². The molecule has 5 aromatic carbocycles. The van der Waals surface area contributed by atoms with E-state index in [9.17, 15) is 44.3 Å². The van der Waals surface area contributed by atoms with Crippen molar-refractivity contribution in [3.05, 3.63) is 137 Å². The van der Waals surface area contributed by atoms with Crippen LogP contribution in [0.5, 0.6) is 0 Å². The molecule has 22 heteroatoms. The van der Waals surface area contributed by atoms with Gasteiger partial charge in [-0.25, -0.2) is 21.6 Å². The number of sulfonamides is 1. The molecule has 14 nitrogen and oxygen atoms in total. The van der Waals surface area contributed by atoms with Crippen molar-refractivity contribution in [2.75, 3.05) is 87.8 Å². The van der Waals surface area contributed by atoms with Gasteiger partial charge in [0.2, 0.25) is 0 Å². The number of carbonyl (C=O) groups excluding carboxylic acids is 1. The Labute approximate surface area is 416 Å². The van der Waals surface area contributed by atoms with E-state index in [0.29, 0.717) is 69.1 Å². The summed E-state index contributed by atoms with van der Waals surface area (Å²) in [4.78, 5) is 30.6. The van der Waals surface area contributed by atoms with Gasteiger partial charge in [-0.3, -0.25) is 19.2 Å². The van der Waals surface area contributed by atoms with Gasteiger partial charge in [0.1, 0.15) is 11.2 Å². The van der Waals surface area contributed by atoms with Crippen LogP contribution < -0.4 is 14.9 Å². The zero-order chi connectivity index (χ0) is 50.1. The van der Waals surface area contributed by atoms with Gasteiger partial charge in [-0.15, -0.1) is 11.8 Å². The lowest BCUT2D eigenvalue weighted by Gasteiger charge is -2.36. The number of halogens is 4. The number of thioether (sulfide) groups is 1. The van der Waals surface area contributed by atoms with Crippen LogP contribution in [0.3, 0.4) is 0 Å². The monoisotopic (exact) mass is 1060 g/mol. The SMILES string of the molecule is CCOP(=O)(O)CN1CCN(CC[C@H](CSc2ccccc2)Nc2ccc(S(=O)(=O)NC(=O)c3ccc(N4CCN(Cc5ccccc5-c5ccc(Cl)cc5)CC4)cc3)cc2S(=O)(=O)C(F)(F)F)CC1. The minimum absolute atomic E-state index is 0.0368. The van der Waals surface area contributed by atoms with Crippen molar-refractivity contribution in [1.29, 1.82) is 0 Å². The molecule has 1 unspecified atom stereocenters. The second-order valence-electron chi connectivity index (χ2n) is 16.9. The summed E-state index contributed by atoms with van der Waals surface area (Å²) < 4.78 is 116. The van der Waals surface area contributed by atoms with Gasteiger partial charge in [-0.2, -0.15) is 13.2 Å². The smallest absolute Gasteiger partial charge is 0.380 e. The zero-order valence-corrected chi connectivity index (χ0v) is 42.4. The molecule has 3 N–H and O–H groups in total. The molecule has 70 heavy (non-hydrogen) atoms. The second-order valence-corrected chi connectivity index (χ2v) is 23.9. The van der Waals surface area contributed by atoms with E-state index in [4.69, 9.17) is 16.1 Å². The van der Waals surface area contributed by atoms with E-state index in [2.05, 4.69) is 32.1 Å². The van der Waals surface area contributed by atoms with E-state index in [1.165, 1.54) is 29.5 Å². The van der Waals surface area contributed by atoms with Crippen LogP contribution in [0.25, 0.3) is 11.1 Å². The third-order valence-corrected chi connectivity index (χ3v) is 17.7. The normalized spacial score (nSPS) is 16.9. The fourth-order valence-corrected chi connectivity index (χ4v) is 12.7. The molecule has 2 fully saturated rings. The first-order valence-electron chi connectivity index (χ1n) is 22.6. The minimum Gasteiger partial charge on any atom is -0.380 e. The third-order valence-electron chi connectivity index (χ3n) is 12.0. The van der Waals surface area contributed by atoms with Crippen molar-refractivity contribution in [3.8, 4) is 11.1 Å². The van der Waals surface area contributed by atoms with Crippen LogP contribution in [0.1, 0.15) is 29.3 Å². The average Bonchev–Trinajstić information content (AvgIpc) is 3.33. The summed E-state index contributed by atoms with van der Waals surface area (Å²) >= 11 is 7.52. The van der Waals surface area contributed by atoms with Crippen LogP contribution in [0.2, 0.25) is 5.02 Å². The molecule has 1 amide bonds. The van der Waals surface area contributed by atoms with Gasteiger partial charge in [0.15, 0.2) is 0 Å². The Morgan fingerprint density at radius 1 is 0.814 bits per heavy atom. The molecule has 376 valence electrons. The number of hydrogen-bond acceptors (Lipinski definition) is 13. The standard InChI is InChI=1S/C48H55ClF3N6O8PS3/c1-2-66-67(60,61)35-57-26-24-55(25-27-57)23-22-40(34-68-42-9-4-3-5-10-42)53-45-21-20-43(32-46(45)69(62,63)48(50,51)52)70(64,65)54-47(59)37-14-18-41(19-15-37)58-30-28-56(29-31-58)33-38-8-6-7-11-44(38)36-12-16-39(49)17-13-36/h3-21,32,40,53H,2,22-31,33-35H2,1H3,(H,54,59)(H,60,61)/t40-/m1/s1. The highest BCUT2D eigenvalue weighted by Crippen LogP contribution is 2.42. The first-order chi connectivity index (χ1) is 33.3. The maximum Gasteiger partial charge on any atom is 0.501 e. The second kappa shape index (κ2) is 23.4. The molecule has 2 aliphatic heterocycles. The number of benzene rings is 5. The van der Waals surface area contributed by atoms with Gasteiger partial charge in [-0.05, 0) is 96.8 Å². The summed E-state index contributed by atoms with van der Waals surface area (Å²) in [7, 11) is -14.8. The van der Waals surface area contributed by atoms with Crippen molar-refractivity contribution in [3.63, 3.8) is 0 Å². The number of piperazine rings is 2. The summed E-state index contributed by atoms with van der Waals surface area (Å²) in [5, 5.41) is 3.64. The Balaban J connectivity index is 1.01. The van der Waals surface area contributed by atoms with Crippen molar-refractivity contribution in [2.45, 2.75) is 46.1 Å². The molecule has 0 spiro atoms. The molecule has 0 aromatic heterocycles. The zero-order valence-electron chi connectivity index (χ0n) is 38.3. The van der Waals surface area contributed by atoms with Crippen molar-refractivity contribution >= 4 is 68.1 Å². The van der Waals surface area contributed by atoms with Crippen LogP contribution >= 0.6 is 31.0 Å². The van der Waals surface area contributed by atoms with Gasteiger partial charge in [0.25, 0.3) is 25.8 Å². The maximum atomic E-state index is 14.3. The largest absolute Gasteiger partial charge is 0.501 e. The molecule has 7 rings (SSSR count). The fourth-order valence-electron chi connectivity index (χ4n) is 8.29. The van der Waals surface area contributed by atoms with Crippen molar-refractivity contribution < 1.29 is 48.8 Å². The summed E-state index contributed by atoms with van der Waals surface area (Å²) in [6.07, 6.45) is 0.226. The van der Waals surface area contributed by atoms with Crippen molar-refractivity contribution in [1.82, 2.24) is 19.4 Å². The van der Waals surface area contributed by atoms with Crippen LogP contribution in [-0.2, 0) is 35.5 Å². The number of anilines is 2. The van der Waals surface area contributed by atoms with Crippen LogP contribution in [-0.4, -0.2) is 131 Å². The fraction of sp³-hybridized carbons (Fsp3) is 0.354. The highest BCUT2D eigenvalue weighted by atomic mass is 35.5. The summed E-state index contributed by atoms with van der Waals surface area (Å²) in [5.41, 5.74) is -2.09. The number of amides is 1. The summed E-state index contributed by atoms with van der Waals surface area (Å²) in [6.45, 7) is 7.83. The van der Waals surface area contributed by atoms with E-state index in [0.717, 1.165) is 53.5 Å². The number of sulfone groups is 1. The number of nitrogens with zero attached hydrogens (tertiary/aromatic N) is 4. The molecular weight excluding hydrogens is 1010 g/mol. The summed E-state index contributed by atoms with van der Waals surface area (Å²) in [6, 6.07) is 33.2. The van der Waals surface area contributed by atoms with Gasteiger partial charge < -0.3 is 24.5 Å². The lowest BCUT2D eigenvalue weighted by molar-refractivity contribution is -0.0436. The molecule has 2 atom stereocenters. The van der Waals surface area contributed by atoms with Gasteiger partial charge in [-0.1, -0.05) is 66.2 Å². The first-order valence-corrected chi connectivity index (χ1v) is 28.7. The lowest BCUT2D eigenvalue weighted by atomic mass is 9.99. The number of nitrogens with one attached hydrogen (secondary N) is 2. The molecule has 0 radical (unpaired) electrons. The van der Waals surface area contributed by atoms with E-state index < -0.39 is 60.4 Å². The molecule has 2 aliphatic rings. The Bertz CT molecular complexity index is 2840. The number of alkyl halides is 3. The van der Waals surface area contributed by atoms with Crippen LogP contribution in [0, 0.1) is 0 Å². The van der Waals surface area contributed by atoms with E-state index in [1.807, 2.05) is 76.4 Å². The van der Waals surface area contributed by atoms with Crippen molar-refractivity contribution in [2.24, 2.45) is 0 Å². The molecular formula is C48H55ClF3N6O8PS3. The van der Waals surface area contributed by atoms with Crippen LogP contribution in [0.15, 0.2) is 136 Å². The molecule has 5 aromatic rings. The Hall–Kier alpha value is -4.47. The average molecular weight is 1060 g/mol. The third kappa shape index (κ3) is 14.1. The summed E-state index contributed by atoms with van der Waals surface area (Å²) in [5.74, 6) is -0.764. The lowest BCUT2D eigenvalue weighted by Crippen LogP contribution is -2.47. The number of rotatable bonds is 20. The van der Waals surface area contributed by atoms with E-state index in [-0.39, 0.29) is 18.5 Å². The highest BCUT2D eigenvalue weighted by molar-refractivity contribution is 7.99. The molecule has 0 bridgehead atoms. The molecule has 2 saturated heterocycles. The Morgan fingerprint density at radius 3 is 2.10 bits per heavy atom. The van der Waals surface area contributed by atoms with Gasteiger partial charge >= 0.3 is 13.1 Å². The first kappa shape index (κ1) is 53.3. The highest BCUT2D eigenvalue weighted by Gasteiger charge is 2.48. The van der Waals surface area contributed by atoms with Gasteiger partial charge in [0, 0.05) is 98.4 Å². The Kier molecular flexibility index (Phi) is 17.8. The maximum absolute atomic E-state index is 14.3. The minimum atomic E-state index is -6.12. The van der Waals surface area contributed by atoms with E-state index >= 15 is 0 Å². The topological polar surface area (TPSA) is 169 Å². The van der Waals surface area contributed by atoms with Crippen LogP contribution in [0.4, 0.5) is 24.5 Å². The molecule has 0 aliphatic carbocycles. The number of carbonyl (C=O) groups is 1. The predicted molar refractivity (Wildman–Crippen MR) is 269 cm³/mol. The molecule has 0 saturated carbocycles. The predicted octanol–water partition coefficient (Wildman–Crippen LogP) is 8.50. The Morgan fingerprint density at radius 2 is 1.44 bits per heavy atom.